The lowest BCUT2D eigenvalue weighted by Crippen LogP contribution is -1.92. The van der Waals surface area contributed by atoms with Crippen LogP contribution in [-0.4, -0.2) is 0 Å². The molecule has 0 fully saturated rings. The van der Waals surface area contributed by atoms with Crippen LogP contribution in [0.4, 0.5) is 0 Å². The summed E-state index contributed by atoms with van der Waals surface area (Å²) in [5.41, 5.74) is 6.09. The zero-order valence-corrected chi connectivity index (χ0v) is 13.5. The smallest absolute Gasteiger partial charge is 0.0406 e. The van der Waals surface area contributed by atoms with Crippen LogP contribution >= 0.6 is 11.6 Å². The summed E-state index contributed by atoms with van der Waals surface area (Å²) in [6.07, 6.45) is 11.1. The van der Waals surface area contributed by atoms with Crippen LogP contribution in [0.15, 0.2) is 41.5 Å². The molecule has 0 saturated heterocycles. The molecule has 1 aliphatic rings. The third-order valence-electron chi connectivity index (χ3n) is 4.08. The van der Waals surface area contributed by atoms with Crippen molar-refractivity contribution in [3.8, 4) is 0 Å². The van der Waals surface area contributed by atoms with Crippen LogP contribution < -0.4 is 0 Å². The van der Waals surface area contributed by atoms with Gasteiger partial charge in [-0.1, -0.05) is 56.5 Å². The van der Waals surface area contributed by atoms with Crippen LogP contribution in [0.3, 0.4) is 0 Å². The summed E-state index contributed by atoms with van der Waals surface area (Å²) in [5.74, 6) is 0. The lowest BCUT2D eigenvalue weighted by Gasteiger charge is -2.12. The number of unbranched alkanes of at least 4 members (excludes halogenated alkanes) is 2. The molecule has 0 N–H and O–H groups in total. The van der Waals surface area contributed by atoms with Gasteiger partial charge >= 0.3 is 0 Å². The Kier molecular flexibility index (Phi) is 5.91. The standard InChI is InChI=1S/C19H25Cl/c1-3-5-7-15-11-14-19(18(15)8-6-4-2)16-9-12-17(20)13-10-16/h9-13H,3-8,14H2,1-2H3. The number of halogens is 1. The molecule has 2 rings (SSSR count). The van der Waals surface area contributed by atoms with E-state index in [1.807, 2.05) is 12.1 Å². The van der Waals surface area contributed by atoms with Crippen LogP contribution in [0.1, 0.15) is 64.4 Å². The third-order valence-corrected chi connectivity index (χ3v) is 4.33. The van der Waals surface area contributed by atoms with Crippen molar-refractivity contribution in [2.24, 2.45) is 0 Å². The molecule has 0 aromatic heterocycles. The van der Waals surface area contributed by atoms with Gasteiger partial charge in [0.25, 0.3) is 0 Å². The maximum absolute atomic E-state index is 6.01. The Morgan fingerprint density at radius 2 is 1.60 bits per heavy atom. The molecule has 1 heteroatoms. The highest BCUT2D eigenvalue weighted by Gasteiger charge is 2.17. The minimum Gasteiger partial charge on any atom is -0.0843 e. The number of allylic oxidation sites excluding steroid dienone is 4. The zero-order valence-electron chi connectivity index (χ0n) is 12.7. The number of hydrogen-bond acceptors (Lipinski definition) is 0. The van der Waals surface area contributed by atoms with Crippen molar-refractivity contribution in [3.05, 3.63) is 52.1 Å². The fourth-order valence-electron chi connectivity index (χ4n) is 2.89. The van der Waals surface area contributed by atoms with Gasteiger partial charge in [-0.25, -0.2) is 0 Å². The molecule has 0 radical (unpaired) electrons. The van der Waals surface area contributed by atoms with Gasteiger partial charge in [0.2, 0.25) is 0 Å². The van der Waals surface area contributed by atoms with E-state index < -0.39 is 0 Å². The fourth-order valence-corrected chi connectivity index (χ4v) is 3.02. The summed E-state index contributed by atoms with van der Waals surface area (Å²) in [5, 5.41) is 0.821. The van der Waals surface area contributed by atoms with E-state index in [1.54, 1.807) is 11.1 Å². The van der Waals surface area contributed by atoms with E-state index in [4.69, 9.17) is 11.6 Å². The minimum atomic E-state index is 0.821. The quantitative estimate of drug-likeness (QED) is 0.517. The molecule has 108 valence electrons. The third kappa shape index (κ3) is 3.76. The number of benzene rings is 1. The fraction of sp³-hybridized carbons (Fsp3) is 0.474. The van der Waals surface area contributed by atoms with E-state index in [0.29, 0.717) is 0 Å². The average molecular weight is 289 g/mol. The Bertz CT molecular complexity index is 491. The highest BCUT2D eigenvalue weighted by Crippen LogP contribution is 2.38. The molecule has 0 nitrogen and oxygen atoms in total. The zero-order chi connectivity index (χ0) is 14.4. The maximum Gasteiger partial charge on any atom is 0.0406 e. The summed E-state index contributed by atoms with van der Waals surface area (Å²) in [6, 6.07) is 8.34. The highest BCUT2D eigenvalue weighted by atomic mass is 35.5. The molecular weight excluding hydrogens is 264 g/mol. The molecule has 0 spiro atoms. The average Bonchev–Trinajstić information content (AvgIpc) is 2.86. The van der Waals surface area contributed by atoms with Crippen molar-refractivity contribution < 1.29 is 0 Å². The molecule has 0 saturated carbocycles. The Balaban J connectivity index is 2.24. The van der Waals surface area contributed by atoms with Gasteiger partial charge in [-0.3, -0.25) is 0 Å². The van der Waals surface area contributed by atoms with E-state index >= 15 is 0 Å². The molecule has 1 aliphatic carbocycles. The van der Waals surface area contributed by atoms with E-state index in [-0.39, 0.29) is 0 Å². The molecule has 0 aliphatic heterocycles. The second-order valence-electron chi connectivity index (χ2n) is 5.60. The molecule has 20 heavy (non-hydrogen) atoms. The molecule has 1 aromatic carbocycles. The Labute approximate surface area is 128 Å². The highest BCUT2D eigenvalue weighted by molar-refractivity contribution is 6.30. The van der Waals surface area contributed by atoms with Crippen molar-refractivity contribution in [1.29, 1.82) is 0 Å². The van der Waals surface area contributed by atoms with E-state index in [0.717, 1.165) is 11.4 Å². The monoisotopic (exact) mass is 288 g/mol. The largest absolute Gasteiger partial charge is 0.0843 e. The number of hydrogen-bond donors (Lipinski definition) is 0. The van der Waals surface area contributed by atoms with Gasteiger partial charge in [0.15, 0.2) is 0 Å². The summed E-state index contributed by atoms with van der Waals surface area (Å²) < 4.78 is 0. The van der Waals surface area contributed by atoms with E-state index in [2.05, 4.69) is 32.1 Å². The molecule has 0 atom stereocenters. The summed E-state index contributed by atoms with van der Waals surface area (Å²) in [7, 11) is 0. The van der Waals surface area contributed by atoms with E-state index in [1.165, 1.54) is 49.7 Å². The summed E-state index contributed by atoms with van der Waals surface area (Å²) >= 11 is 6.01. The Morgan fingerprint density at radius 3 is 2.25 bits per heavy atom. The van der Waals surface area contributed by atoms with Crippen LogP contribution in [0.2, 0.25) is 5.02 Å². The maximum atomic E-state index is 6.01. The van der Waals surface area contributed by atoms with Crippen molar-refractivity contribution in [1.82, 2.24) is 0 Å². The van der Waals surface area contributed by atoms with Crippen LogP contribution in [-0.2, 0) is 0 Å². The Hall–Kier alpha value is -1.01. The Morgan fingerprint density at radius 1 is 0.950 bits per heavy atom. The van der Waals surface area contributed by atoms with Gasteiger partial charge < -0.3 is 0 Å². The van der Waals surface area contributed by atoms with Crippen molar-refractivity contribution in [3.63, 3.8) is 0 Å². The first kappa shape index (κ1) is 15.4. The van der Waals surface area contributed by atoms with Gasteiger partial charge in [0, 0.05) is 5.02 Å². The first-order valence-electron chi connectivity index (χ1n) is 7.93. The van der Waals surface area contributed by atoms with Crippen molar-refractivity contribution in [2.75, 3.05) is 0 Å². The molecule has 0 unspecified atom stereocenters. The number of rotatable bonds is 7. The lowest BCUT2D eigenvalue weighted by atomic mass is 9.93. The summed E-state index contributed by atoms with van der Waals surface area (Å²) in [4.78, 5) is 0. The van der Waals surface area contributed by atoms with E-state index in [9.17, 15) is 0 Å². The predicted octanol–water partition coefficient (Wildman–Crippen LogP) is 6.80. The summed E-state index contributed by atoms with van der Waals surface area (Å²) in [6.45, 7) is 4.54. The van der Waals surface area contributed by atoms with Crippen LogP contribution in [0.5, 0.6) is 0 Å². The van der Waals surface area contributed by atoms with Crippen molar-refractivity contribution >= 4 is 17.2 Å². The topological polar surface area (TPSA) is 0 Å². The second-order valence-corrected chi connectivity index (χ2v) is 6.04. The van der Waals surface area contributed by atoms with Gasteiger partial charge in [-0.15, -0.1) is 0 Å². The first-order chi connectivity index (χ1) is 9.76. The molecular formula is C19H25Cl. The van der Waals surface area contributed by atoms with Crippen LogP contribution in [0.25, 0.3) is 5.57 Å². The lowest BCUT2D eigenvalue weighted by molar-refractivity contribution is 0.757. The van der Waals surface area contributed by atoms with Crippen LogP contribution in [0, 0.1) is 0 Å². The molecule has 1 aromatic rings. The first-order valence-corrected chi connectivity index (χ1v) is 8.31. The van der Waals surface area contributed by atoms with Crippen molar-refractivity contribution in [2.45, 2.75) is 58.8 Å². The molecule has 0 heterocycles. The van der Waals surface area contributed by atoms with Gasteiger partial charge in [-0.2, -0.15) is 0 Å². The molecule has 0 bridgehead atoms. The second kappa shape index (κ2) is 7.69. The SMILES string of the molecule is CCCCC1=CCC(c2ccc(Cl)cc2)=C1CCCC. The van der Waals surface area contributed by atoms with Gasteiger partial charge in [0.1, 0.15) is 0 Å². The van der Waals surface area contributed by atoms with Gasteiger partial charge in [0.05, 0.1) is 0 Å². The predicted molar refractivity (Wildman–Crippen MR) is 90.1 cm³/mol. The molecule has 0 amide bonds. The van der Waals surface area contributed by atoms with Gasteiger partial charge in [-0.05, 0) is 66.5 Å². The normalized spacial score (nSPS) is 14.8. The minimum absolute atomic E-state index is 0.821.